The fourth-order valence-electron chi connectivity index (χ4n) is 2.97. The number of rotatable bonds is 2. The van der Waals surface area contributed by atoms with E-state index in [9.17, 15) is 4.79 Å². The molecule has 1 aliphatic heterocycles. The molecule has 4 nitrogen and oxygen atoms in total. The highest BCUT2D eigenvalue weighted by atomic mass is 35.5. The maximum absolute atomic E-state index is 12.7. The van der Waals surface area contributed by atoms with Gasteiger partial charge in [-0.2, -0.15) is 5.10 Å². The van der Waals surface area contributed by atoms with Gasteiger partial charge in [-0.1, -0.05) is 41.8 Å². The van der Waals surface area contributed by atoms with Crippen molar-refractivity contribution in [1.29, 1.82) is 0 Å². The predicted molar refractivity (Wildman–Crippen MR) is 91.0 cm³/mol. The summed E-state index contributed by atoms with van der Waals surface area (Å²) in [6.07, 6.45) is 4.64. The molecule has 0 aliphatic carbocycles. The number of carbonyl (C=O) groups is 1. The van der Waals surface area contributed by atoms with Crippen molar-refractivity contribution in [2.45, 2.75) is 25.2 Å². The van der Waals surface area contributed by atoms with E-state index in [2.05, 4.69) is 10.2 Å². The first-order valence-electron chi connectivity index (χ1n) is 7.66. The first-order chi connectivity index (χ1) is 11.1. The molecule has 23 heavy (non-hydrogen) atoms. The number of nitrogens with zero attached hydrogens (tertiary/aromatic N) is 3. The van der Waals surface area contributed by atoms with Gasteiger partial charge in [0.2, 0.25) is 0 Å². The Kier molecular flexibility index (Phi) is 5.13. The second kappa shape index (κ2) is 7.28. The van der Waals surface area contributed by atoms with E-state index in [0.29, 0.717) is 18.0 Å². The van der Waals surface area contributed by atoms with E-state index >= 15 is 0 Å². The van der Waals surface area contributed by atoms with Crippen molar-refractivity contribution in [3.8, 4) is 0 Å². The fraction of sp³-hybridized carbons (Fsp3) is 0.353. The molecule has 1 aromatic carbocycles. The third kappa shape index (κ3) is 4.01. The van der Waals surface area contributed by atoms with Crippen molar-refractivity contribution in [1.82, 2.24) is 15.1 Å². The maximum Gasteiger partial charge on any atom is 0.255 e. The average Bonchev–Trinajstić information content (AvgIpc) is 2.81. The van der Waals surface area contributed by atoms with Gasteiger partial charge in [0.15, 0.2) is 5.15 Å². The lowest BCUT2D eigenvalue weighted by atomic mass is 9.94. The SMILES string of the molecule is O=C(c1cnnc(Cl)c1)N1CCCC[C@@H](c2ccc(Cl)cc2)C1. The maximum atomic E-state index is 12.7. The van der Waals surface area contributed by atoms with E-state index in [0.717, 1.165) is 30.8 Å². The Labute approximate surface area is 145 Å². The highest BCUT2D eigenvalue weighted by Gasteiger charge is 2.24. The Morgan fingerprint density at radius 1 is 1.17 bits per heavy atom. The second-order valence-corrected chi connectivity index (χ2v) is 6.59. The van der Waals surface area contributed by atoms with Crippen LogP contribution in [0.4, 0.5) is 0 Å². The number of aromatic nitrogens is 2. The molecule has 1 saturated heterocycles. The first-order valence-corrected chi connectivity index (χ1v) is 8.42. The van der Waals surface area contributed by atoms with Crippen LogP contribution in [0.5, 0.6) is 0 Å². The van der Waals surface area contributed by atoms with Gasteiger partial charge in [-0.05, 0) is 36.6 Å². The van der Waals surface area contributed by atoms with Crippen LogP contribution in [0, 0.1) is 0 Å². The summed E-state index contributed by atoms with van der Waals surface area (Å²) in [5.41, 5.74) is 1.71. The average molecular weight is 350 g/mol. The van der Waals surface area contributed by atoms with Gasteiger partial charge >= 0.3 is 0 Å². The highest BCUT2D eigenvalue weighted by Crippen LogP contribution is 2.28. The molecule has 6 heteroatoms. The predicted octanol–water partition coefficient (Wildman–Crippen LogP) is 4.19. The number of benzene rings is 1. The molecule has 2 aromatic rings. The smallest absolute Gasteiger partial charge is 0.255 e. The zero-order chi connectivity index (χ0) is 16.2. The molecule has 0 saturated carbocycles. The summed E-state index contributed by atoms with van der Waals surface area (Å²) >= 11 is 11.8. The van der Waals surface area contributed by atoms with Crippen molar-refractivity contribution in [3.63, 3.8) is 0 Å². The third-order valence-electron chi connectivity index (χ3n) is 4.17. The summed E-state index contributed by atoms with van der Waals surface area (Å²) in [5, 5.41) is 8.42. The zero-order valence-corrected chi connectivity index (χ0v) is 14.1. The van der Waals surface area contributed by atoms with Crippen LogP contribution < -0.4 is 0 Å². The third-order valence-corrected chi connectivity index (χ3v) is 4.61. The molecule has 0 N–H and O–H groups in total. The summed E-state index contributed by atoms with van der Waals surface area (Å²) in [6.45, 7) is 1.45. The van der Waals surface area contributed by atoms with Crippen LogP contribution in [0.3, 0.4) is 0 Å². The molecule has 1 amide bonds. The van der Waals surface area contributed by atoms with Gasteiger partial charge < -0.3 is 4.90 Å². The number of hydrogen-bond donors (Lipinski definition) is 0. The van der Waals surface area contributed by atoms with E-state index in [1.165, 1.54) is 11.8 Å². The molecule has 120 valence electrons. The van der Waals surface area contributed by atoms with Gasteiger partial charge in [-0.15, -0.1) is 5.10 Å². The highest BCUT2D eigenvalue weighted by molar-refractivity contribution is 6.30. The lowest BCUT2D eigenvalue weighted by Gasteiger charge is -2.25. The number of hydrogen-bond acceptors (Lipinski definition) is 3. The van der Waals surface area contributed by atoms with Crippen LogP contribution in [-0.2, 0) is 0 Å². The minimum absolute atomic E-state index is 0.0392. The van der Waals surface area contributed by atoms with Crippen molar-refractivity contribution < 1.29 is 4.79 Å². The monoisotopic (exact) mass is 349 g/mol. The number of carbonyl (C=O) groups excluding carboxylic acids is 1. The lowest BCUT2D eigenvalue weighted by Crippen LogP contribution is -2.34. The zero-order valence-electron chi connectivity index (χ0n) is 12.6. The van der Waals surface area contributed by atoms with Crippen molar-refractivity contribution in [3.05, 3.63) is 57.8 Å². The quantitative estimate of drug-likeness (QED) is 0.816. The molecular weight excluding hydrogens is 333 g/mol. The molecular formula is C17H17Cl2N3O. The minimum atomic E-state index is -0.0392. The Bertz CT molecular complexity index is 690. The molecule has 0 spiro atoms. The van der Waals surface area contributed by atoms with Crippen LogP contribution in [-0.4, -0.2) is 34.1 Å². The van der Waals surface area contributed by atoms with Crippen molar-refractivity contribution in [2.24, 2.45) is 0 Å². The summed E-state index contributed by atoms with van der Waals surface area (Å²) in [5.74, 6) is 0.284. The molecule has 1 atom stereocenters. The van der Waals surface area contributed by atoms with E-state index in [-0.39, 0.29) is 11.1 Å². The van der Waals surface area contributed by atoms with E-state index in [1.54, 1.807) is 6.07 Å². The van der Waals surface area contributed by atoms with E-state index in [4.69, 9.17) is 23.2 Å². The standard InChI is InChI=1S/C17H17Cl2N3O/c18-15-6-4-12(5-7-15)13-3-1-2-8-22(11-13)17(23)14-9-16(19)21-20-10-14/h4-7,9-10,13H,1-3,8,11H2/t13-/m1/s1. The van der Waals surface area contributed by atoms with Crippen molar-refractivity contribution in [2.75, 3.05) is 13.1 Å². The topological polar surface area (TPSA) is 46.1 Å². The summed E-state index contributed by atoms with van der Waals surface area (Å²) < 4.78 is 0. The molecule has 3 rings (SSSR count). The van der Waals surface area contributed by atoms with Crippen LogP contribution in [0.2, 0.25) is 10.2 Å². The normalized spacial score (nSPS) is 18.5. The van der Waals surface area contributed by atoms with Crippen molar-refractivity contribution >= 4 is 29.1 Å². The number of likely N-dealkylation sites (tertiary alicyclic amines) is 1. The van der Waals surface area contributed by atoms with Gasteiger partial charge in [-0.25, -0.2) is 0 Å². The lowest BCUT2D eigenvalue weighted by molar-refractivity contribution is 0.0754. The van der Waals surface area contributed by atoms with E-state index in [1.807, 2.05) is 29.2 Å². The molecule has 1 aromatic heterocycles. The summed E-state index contributed by atoms with van der Waals surface area (Å²) in [4.78, 5) is 14.6. The fourth-order valence-corrected chi connectivity index (χ4v) is 3.26. The number of amides is 1. The van der Waals surface area contributed by atoms with Crippen LogP contribution in [0.1, 0.15) is 41.1 Å². The Hall–Kier alpha value is -1.65. The van der Waals surface area contributed by atoms with Gasteiger partial charge in [-0.3, -0.25) is 4.79 Å². The molecule has 0 unspecified atom stereocenters. The van der Waals surface area contributed by atoms with E-state index < -0.39 is 0 Å². The minimum Gasteiger partial charge on any atom is -0.338 e. The molecule has 2 heterocycles. The van der Waals surface area contributed by atoms with Gasteiger partial charge in [0.05, 0.1) is 11.8 Å². The van der Waals surface area contributed by atoms with Crippen LogP contribution >= 0.6 is 23.2 Å². The summed E-state index contributed by atoms with van der Waals surface area (Å²) in [6, 6.07) is 9.47. The van der Waals surface area contributed by atoms with Crippen LogP contribution in [0.25, 0.3) is 0 Å². The van der Waals surface area contributed by atoms with Gasteiger partial charge in [0.1, 0.15) is 0 Å². The van der Waals surface area contributed by atoms with Gasteiger partial charge in [0.25, 0.3) is 5.91 Å². The van der Waals surface area contributed by atoms with Crippen LogP contribution in [0.15, 0.2) is 36.5 Å². The Morgan fingerprint density at radius 3 is 2.70 bits per heavy atom. The van der Waals surface area contributed by atoms with Gasteiger partial charge in [0, 0.05) is 24.0 Å². The summed E-state index contributed by atoms with van der Waals surface area (Å²) in [7, 11) is 0. The molecule has 1 aliphatic rings. The Balaban J connectivity index is 1.79. The largest absolute Gasteiger partial charge is 0.338 e. The molecule has 0 radical (unpaired) electrons. The number of halogens is 2. The Morgan fingerprint density at radius 2 is 1.96 bits per heavy atom. The second-order valence-electron chi connectivity index (χ2n) is 5.76. The molecule has 1 fully saturated rings. The molecule has 0 bridgehead atoms. The first kappa shape index (κ1) is 16.2.